The lowest BCUT2D eigenvalue weighted by atomic mass is 9.96. The van der Waals surface area contributed by atoms with Crippen LogP contribution in [0, 0.1) is 6.92 Å². The van der Waals surface area contributed by atoms with Crippen LogP contribution in [0.2, 0.25) is 0 Å². The first-order valence-electron chi connectivity index (χ1n) is 8.65. The molecule has 0 amide bonds. The van der Waals surface area contributed by atoms with Crippen molar-refractivity contribution in [2.75, 3.05) is 18.0 Å². The van der Waals surface area contributed by atoms with E-state index in [-0.39, 0.29) is 0 Å². The molecule has 5 nitrogen and oxygen atoms in total. The largest absolute Gasteiger partial charge is 0.367 e. The number of hydrogen-bond acceptors (Lipinski definition) is 5. The molecule has 6 heteroatoms. The zero-order chi connectivity index (χ0) is 15.8. The number of nitrogens with one attached hydrogen (secondary N) is 1. The van der Waals surface area contributed by atoms with E-state index in [4.69, 9.17) is 4.98 Å². The minimum atomic E-state index is 0.504. The predicted octanol–water partition coefficient (Wildman–Crippen LogP) is 2.82. The highest BCUT2D eigenvalue weighted by atomic mass is 32.1. The summed E-state index contributed by atoms with van der Waals surface area (Å²) in [4.78, 5) is 8.68. The van der Waals surface area contributed by atoms with E-state index in [1.54, 1.807) is 0 Å². The Morgan fingerprint density at radius 3 is 3.04 bits per heavy atom. The summed E-state index contributed by atoms with van der Waals surface area (Å²) >= 11 is 1.89. The van der Waals surface area contributed by atoms with E-state index < -0.39 is 0 Å². The molecule has 2 aliphatic rings. The summed E-state index contributed by atoms with van der Waals surface area (Å²) in [6.07, 6.45) is 10.3. The number of anilines is 1. The molecule has 4 rings (SSSR count). The van der Waals surface area contributed by atoms with Gasteiger partial charge in [0.15, 0.2) is 0 Å². The third-order valence-electron chi connectivity index (χ3n) is 4.97. The maximum absolute atomic E-state index is 4.72. The van der Waals surface area contributed by atoms with Crippen LogP contribution in [0.15, 0.2) is 12.4 Å². The standard InChI is InChI=1S/C17H25N5S/c1-12-19-15-6-3-7-16(17(15)23-12)20-13-5-4-8-22(10-13)14-9-18-21(2)11-14/h9,11,13,16,20H,3-8,10H2,1-2H3/t13-,16-/m0/s1. The molecule has 0 unspecified atom stereocenters. The first kappa shape index (κ1) is 15.1. The summed E-state index contributed by atoms with van der Waals surface area (Å²) in [5, 5.41) is 9.46. The first-order chi connectivity index (χ1) is 11.2. The lowest BCUT2D eigenvalue weighted by Gasteiger charge is -2.36. The average molecular weight is 331 g/mol. The molecule has 0 bridgehead atoms. The summed E-state index contributed by atoms with van der Waals surface area (Å²) in [5.74, 6) is 0. The zero-order valence-electron chi connectivity index (χ0n) is 14.0. The lowest BCUT2D eigenvalue weighted by molar-refractivity contribution is 0.355. The second-order valence-electron chi connectivity index (χ2n) is 6.81. The van der Waals surface area contributed by atoms with Crippen LogP contribution in [0.4, 0.5) is 5.69 Å². The van der Waals surface area contributed by atoms with Gasteiger partial charge in [0.1, 0.15) is 0 Å². The Hall–Kier alpha value is -1.40. The Morgan fingerprint density at radius 1 is 1.30 bits per heavy atom. The number of piperidine rings is 1. The van der Waals surface area contributed by atoms with Crippen LogP contribution < -0.4 is 10.2 Å². The number of nitrogens with zero attached hydrogens (tertiary/aromatic N) is 4. The molecule has 1 aliphatic carbocycles. The Labute approximate surface area is 141 Å². The number of thiazole rings is 1. The average Bonchev–Trinajstić information content (AvgIpc) is 3.13. The summed E-state index contributed by atoms with van der Waals surface area (Å²) in [7, 11) is 1.98. The topological polar surface area (TPSA) is 46.0 Å². The smallest absolute Gasteiger partial charge is 0.0900 e. The highest BCUT2D eigenvalue weighted by molar-refractivity contribution is 7.11. The van der Waals surface area contributed by atoms with E-state index in [1.807, 2.05) is 29.3 Å². The number of aryl methyl sites for hydroxylation is 3. The van der Waals surface area contributed by atoms with Gasteiger partial charge in [-0.05, 0) is 39.0 Å². The van der Waals surface area contributed by atoms with Gasteiger partial charge in [-0.15, -0.1) is 11.3 Å². The molecule has 2 aromatic heterocycles. The molecule has 23 heavy (non-hydrogen) atoms. The summed E-state index contributed by atoms with van der Waals surface area (Å²) < 4.78 is 1.89. The van der Waals surface area contributed by atoms with Gasteiger partial charge >= 0.3 is 0 Å². The minimum absolute atomic E-state index is 0.504. The molecular weight excluding hydrogens is 306 g/mol. The lowest BCUT2D eigenvalue weighted by Crippen LogP contribution is -2.47. The quantitative estimate of drug-likeness (QED) is 0.939. The molecule has 0 aromatic carbocycles. The first-order valence-corrected chi connectivity index (χ1v) is 9.46. The number of aromatic nitrogens is 3. The third kappa shape index (κ3) is 3.15. The fourth-order valence-electron chi connectivity index (χ4n) is 3.90. The van der Waals surface area contributed by atoms with Gasteiger partial charge in [-0.3, -0.25) is 4.68 Å². The van der Waals surface area contributed by atoms with Crippen LogP contribution in [-0.4, -0.2) is 33.9 Å². The molecule has 0 radical (unpaired) electrons. The number of rotatable bonds is 3. The van der Waals surface area contributed by atoms with E-state index in [0.717, 1.165) is 19.5 Å². The van der Waals surface area contributed by atoms with Gasteiger partial charge in [0.2, 0.25) is 0 Å². The van der Waals surface area contributed by atoms with Crippen molar-refractivity contribution in [1.29, 1.82) is 0 Å². The van der Waals surface area contributed by atoms with Gasteiger partial charge in [-0.1, -0.05) is 0 Å². The maximum Gasteiger partial charge on any atom is 0.0900 e. The second-order valence-corrected chi connectivity index (χ2v) is 8.05. The molecule has 2 aromatic rings. The molecule has 1 N–H and O–H groups in total. The van der Waals surface area contributed by atoms with Crippen molar-refractivity contribution in [2.24, 2.45) is 7.05 Å². The SMILES string of the molecule is Cc1nc2c(s1)[C@@H](N[C@H]1CCCN(c3cnn(C)c3)C1)CCC2. The van der Waals surface area contributed by atoms with Gasteiger partial charge in [0, 0.05) is 43.3 Å². The Bertz CT molecular complexity index is 676. The summed E-state index contributed by atoms with van der Waals surface area (Å²) in [5.41, 5.74) is 2.59. The van der Waals surface area contributed by atoms with E-state index in [9.17, 15) is 0 Å². The van der Waals surface area contributed by atoms with Gasteiger partial charge in [-0.2, -0.15) is 5.10 Å². The fraction of sp³-hybridized carbons (Fsp3) is 0.647. The minimum Gasteiger partial charge on any atom is -0.367 e. The zero-order valence-corrected chi connectivity index (χ0v) is 14.8. The van der Waals surface area contributed by atoms with Crippen molar-refractivity contribution in [3.8, 4) is 0 Å². The highest BCUT2D eigenvalue weighted by Gasteiger charge is 2.28. The molecule has 0 spiro atoms. The van der Waals surface area contributed by atoms with Crippen LogP contribution in [0.5, 0.6) is 0 Å². The normalized spacial score (nSPS) is 24.7. The van der Waals surface area contributed by atoms with E-state index in [1.165, 1.54) is 46.9 Å². The molecule has 1 aliphatic heterocycles. The maximum atomic E-state index is 4.72. The van der Waals surface area contributed by atoms with E-state index in [0.29, 0.717) is 12.1 Å². The van der Waals surface area contributed by atoms with Crippen molar-refractivity contribution in [3.05, 3.63) is 28.0 Å². The van der Waals surface area contributed by atoms with Gasteiger partial charge in [0.25, 0.3) is 0 Å². The van der Waals surface area contributed by atoms with E-state index in [2.05, 4.69) is 28.4 Å². The number of hydrogen-bond donors (Lipinski definition) is 1. The molecular formula is C17H25N5S. The van der Waals surface area contributed by atoms with Crippen molar-refractivity contribution in [3.63, 3.8) is 0 Å². The van der Waals surface area contributed by atoms with Gasteiger partial charge in [0.05, 0.1) is 22.6 Å². The van der Waals surface area contributed by atoms with Gasteiger partial charge < -0.3 is 10.2 Å². The van der Waals surface area contributed by atoms with Crippen LogP contribution in [-0.2, 0) is 13.5 Å². The monoisotopic (exact) mass is 331 g/mol. The predicted molar refractivity (Wildman–Crippen MR) is 94.1 cm³/mol. The van der Waals surface area contributed by atoms with Crippen molar-refractivity contribution < 1.29 is 0 Å². The molecule has 1 fully saturated rings. The highest BCUT2D eigenvalue weighted by Crippen LogP contribution is 2.35. The van der Waals surface area contributed by atoms with E-state index >= 15 is 0 Å². The second kappa shape index (κ2) is 6.24. The molecule has 3 heterocycles. The van der Waals surface area contributed by atoms with Crippen LogP contribution in [0.25, 0.3) is 0 Å². The van der Waals surface area contributed by atoms with Crippen molar-refractivity contribution in [2.45, 2.75) is 51.1 Å². The third-order valence-corrected chi connectivity index (χ3v) is 6.10. The van der Waals surface area contributed by atoms with Crippen LogP contribution in [0.1, 0.15) is 47.3 Å². The summed E-state index contributed by atoms with van der Waals surface area (Å²) in [6.45, 7) is 4.35. The molecule has 2 atom stereocenters. The van der Waals surface area contributed by atoms with Crippen molar-refractivity contribution >= 4 is 17.0 Å². The number of fused-ring (bicyclic) bond motifs is 1. The molecule has 1 saturated heterocycles. The van der Waals surface area contributed by atoms with Crippen LogP contribution in [0.3, 0.4) is 0 Å². The van der Waals surface area contributed by atoms with Crippen LogP contribution >= 0.6 is 11.3 Å². The van der Waals surface area contributed by atoms with Gasteiger partial charge in [-0.25, -0.2) is 4.98 Å². The summed E-state index contributed by atoms with van der Waals surface area (Å²) in [6, 6.07) is 1.06. The molecule has 0 saturated carbocycles. The Morgan fingerprint density at radius 2 is 2.22 bits per heavy atom. The molecule has 124 valence electrons. The Kier molecular flexibility index (Phi) is 4.11. The Balaban J connectivity index is 1.45. The van der Waals surface area contributed by atoms with Crippen molar-refractivity contribution in [1.82, 2.24) is 20.1 Å². The fourth-order valence-corrected chi connectivity index (χ4v) is 4.97.